The standard InChI is InChI=1S/C16H20N2.2ClH/c1-11-3-7-13(8-4-11)15(17)16(18)14-9-5-12(2)6-10-14;;/h3-10,15-16H,17-18H2,1-2H3;2*1H/t15-,16-;;/m1../s1. The average Bonchev–Trinajstić information content (AvgIpc) is 2.39. The van der Waals surface area contributed by atoms with Crippen LogP contribution in [0.2, 0.25) is 0 Å². The molecule has 2 aromatic carbocycles. The van der Waals surface area contributed by atoms with Crippen molar-refractivity contribution in [2.75, 3.05) is 0 Å². The Bertz CT molecular complexity index is 460. The van der Waals surface area contributed by atoms with Gasteiger partial charge in [0.25, 0.3) is 0 Å². The van der Waals surface area contributed by atoms with Crippen molar-refractivity contribution in [3.05, 3.63) is 70.8 Å². The molecular formula is C16H22Cl2N2. The van der Waals surface area contributed by atoms with Gasteiger partial charge in [-0.1, -0.05) is 59.7 Å². The van der Waals surface area contributed by atoms with Gasteiger partial charge in [0.15, 0.2) is 0 Å². The van der Waals surface area contributed by atoms with Gasteiger partial charge in [-0.2, -0.15) is 0 Å². The molecule has 0 aliphatic rings. The minimum absolute atomic E-state index is 0. The van der Waals surface area contributed by atoms with E-state index in [1.165, 1.54) is 11.1 Å². The van der Waals surface area contributed by atoms with Crippen LogP contribution in [0.15, 0.2) is 48.5 Å². The number of benzene rings is 2. The van der Waals surface area contributed by atoms with Crippen molar-refractivity contribution in [1.82, 2.24) is 0 Å². The number of rotatable bonds is 3. The normalized spacial score (nSPS) is 12.8. The average molecular weight is 313 g/mol. The highest BCUT2D eigenvalue weighted by Gasteiger charge is 2.16. The Balaban J connectivity index is 0.00000180. The van der Waals surface area contributed by atoms with Crippen LogP contribution in [-0.4, -0.2) is 0 Å². The van der Waals surface area contributed by atoms with Crippen molar-refractivity contribution in [2.45, 2.75) is 25.9 Å². The zero-order chi connectivity index (χ0) is 13.1. The molecule has 0 fully saturated rings. The molecular weight excluding hydrogens is 291 g/mol. The van der Waals surface area contributed by atoms with E-state index in [0.717, 1.165) is 11.1 Å². The summed E-state index contributed by atoms with van der Waals surface area (Å²) in [6, 6.07) is 16.1. The third kappa shape index (κ3) is 4.50. The molecule has 110 valence electrons. The summed E-state index contributed by atoms with van der Waals surface area (Å²) in [4.78, 5) is 0. The minimum atomic E-state index is -0.173. The van der Waals surface area contributed by atoms with Gasteiger partial charge in [-0.15, -0.1) is 24.8 Å². The second-order valence-electron chi connectivity index (χ2n) is 4.87. The topological polar surface area (TPSA) is 52.0 Å². The predicted octanol–water partition coefficient (Wildman–Crippen LogP) is 3.85. The van der Waals surface area contributed by atoms with Crippen molar-refractivity contribution in [2.24, 2.45) is 11.5 Å². The van der Waals surface area contributed by atoms with Gasteiger partial charge in [-0.25, -0.2) is 0 Å². The first-order valence-corrected chi connectivity index (χ1v) is 6.22. The highest BCUT2D eigenvalue weighted by Crippen LogP contribution is 2.24. The molecule has 0 saturated heterocycles. The lowest BCUT2D eigenvalue weighted by Gasteiger charge is -2.21. The Morgan fingerprint density at radius 3 is 1.10 bits per heavy atom. The zero-order valence-electron chi connectivity index (χ0n) is 11.7. The monoisotopic (exact) mass is 312 g/mol. The molecule has 0 bridgehead atoms. The van der Waals surface area contributed by atoms with E-state index >= 15 is 0 Å². The molecule has 2 aromatic rings. The van der Waals surface area contributed by atoms with Crippen molar-refractivity contribution >= 4 is 24.8 Å². The van der Waals surface area contributed by atoms with Crippen molar-refractivity contribution < 1.29 is 0 Å². The van der Waals surface area contributed by atoms with E-state index < -0.39 is 0 Å². The highest BCUT2D eigenvalue weighted by molar-refractivity contribution is 5.85. The zero-order valence-corrected chi connectivity index (χ0v) is 13.4. The van der Waals surface area contributed by atoms with E-state index in [4.69, 9.17) is 11.5 Å². The van der Waals surface area contributed by atoms with Gasteiger partial charge in [0.1, 0.15) is 0 Å². The molecule has 0 spiro atoms. The summed E-state index contributed by atoms with van der Waals surface area (Å²) in [6.07, 6.45) is 0. The van der Waals surface area contributed by atoms with Crippen LogP contribution in [0, 0.1) is 13.8 Å². The Hall–Kier alpha value is -1.06. The summed E-state index contributed by atoms with van der Waals surface area (Å²) in [5.41, 5.74) is 17.1. The van der Waals surface area contributed by atoms with Gasteiger partial charge in [0, 0.05) is 12.1 Å². The number of aryl methyl sites for hydroxylation is 2. The van der Waals surface area contributed by atoms with Crippen LogP contribution in [0.3, 0.4) is 0 Å². The molecule has 4 N–H and O–H groups in total. The van der Waals surface area contributed by atoms with Gasteiger partial charge in [0.05, 0.1) is 0 Å². The molecule has 0 saturated carbocycles. The maximum absolute atomic E-state index is 6.23. The quantitative estimate of drug-likeness (QED) is 0.904. The summed E-state index contributed by atoms with van der Waals surface area (Å²) in [6.45, 7) is 4.13. The number of hydrogen-bond donors (Lipinski definition) is 2. The Labute approximate surface area is 133 Å². The summed E-state index contributed by atoms with van der Waals surface area (Å²) < 4.78 is 0. The van der Waals surface area contributed by atoms with E-state index in [-0.39, 0.29) is 36.9 Å². The minimum Gasteiger partial charge on any atom is -0.322 e. The van der Waals surface area contributed by atoms with E-state index in [1.54, 1.807) is 0 Å². The molecule has 4 heteroatoms. The maximum atomic E-state index is 6.23. The molecule has 0 aliphatic carbocycles. The first kappa shape index (κ1) is 18.9. The van der Waals surface area contributed by atoms with Crippen LogP contribution >= 0.6 is 24.8 Å². The molecule has 0 radical (unpaired) electrons. The maximum Gasteiger partial charge on any atom is 0.0491 e. The fourth-order valence-corrected chi connectivity index (χ4v) is 1.99. The van der Waals surface area contributed by atoms with Crippen LogP contribution in [0.25, 0.3) is 0 Å². The smallest absolute Gasteiger partial charge is 0.0491 e. The van der Waals surface area contributed by atoms with E-state index in [2.05, 4.69) is 38.1 Å². The second-order valence-corrected chi connectivity index (χ2v) is 4.87. The lowest BCUT2D eigenvalue weighted by Crippen LogP contribution is -2.26. The number of halogens is 2. The summed E-state index contributed by atoms with van der Waals surface area (Å²) in [7, 11) is 0. The predicted molar refractivity (Wildman–Crippen MR) is 90.7 cm³/mol. The van der Waals surface area contributed by atoms with Gasteiger partial charge in [0.2, 0.25) is 0 Å². The van der Waals surface area contributed by atoms with Gasteiger partial charge in [-0.05, 0) is 25.0 Å². The Morgan fingerprint density at radius 1 is 0.600 bits per heavy atom. The van der Waals surface area contributed by atoms with E-state index in [9.17, 15) is 0 Å². The molecule has 0 amide bonds. The van der Waals surface area contributed by atoms with E-state index in [1.807, 2.05) is 24.3 Å². The molecule has 0 heterocycles. The van der Waals surface area contributed by atoms with Gasteiger partial charge < -0.3 is 11.5 Å². The first-order valence-electron chi connectivity index (χ1n) is 6.22. The molecule has 20 heavy (non-hydrogen) atoms. The molecule has 2 atom stereocenters. The van der Waals surface area contributed by atoms with Crippen LogP contribution in [0.5, 0.6) is 0 Å². The number of hydrogen-bond acceptors (Lipinski definition) is 2. The molecule has 0 unspecified atom stereocenters. The van der Waals surface area contributed by atoms with Crippen LogP contribution in [0.4, 0.5) is 0 Å². The van der Waals surface area contributed by atoms with Crippen LogP contribution < -0.4 is 11.5 Å². The lowest BCUT2D eigenvalue weighted by atomic mass is 9.94. The van der Waals surface area contributed by atoms with Crippen molar-refractivity contribution in [3.8, 4) is 0 Å². The molecule has 2 nitrogen and oxygen atoms in total. The van der Waals surface area contributed by atoms with E-state index in [0.29, 0.717) is 0 Å². The molecule has 0 aromatic heterocycles. The number of nitrogens with two attached hydrogens (primary N) is 2. The molecule has 0 aliphatic heterocycles. The second kappa shape index (κ2) is 8.28. The van der Waals surface area contributed by atoms with Crippen molar-refractivity contribution in [3.63, 3.8) is 0 Å². The fourth-order valence-electron chi connectivity index (χ4n) is 1.99. The first-order chi connectivity index (χ1) is 8.58. The van der Waals surface area contributed by atoms with Crippen LogP contribution in [-0.2, 0) is 0 Å². The third-order valence-electron chi connectivity index (χ3n) is 3.31. The summed E-state index contributed by atoms with van der Waals surface area (Å²) >= 11 is 0. The third-order valence-corrected chi connectivity index (χ3v) is 3.31. The SMILES string of the molecule is Cc1ccc([C@@H](N)[C@H](N)c2ccc(C)cc2)cc1.Cl.Cl. The van der Waals surface area contributed by atoms with Crippen molar-refractivity contribution in [1.29, 1.82) is 0 Å². The fraction of sp³-hybridized carbons (Fsp3) is 0.250. The summed E-state index contributed by atoms with van der Waals surface area (Å²) in [5.74, 6) is 0. The Morgan fingerprint density at radius 2 is 0.850 bits per heavy atom. The highest BCUT2D eigenvalue weighted by atomic mass is 35.5. The van der Waals surface area contributed by atoms with Gasteiger partial charge in [-0.3, -0.25) is 0 Å². The lowest BCUT2D eigenvalue weighted by molar-refractivity contribution is 0.574. The molecule has 2 rings (SSSR count). The van der Waals surface area contributed by atoms with Gasteiger partial charge >= 0.3 is 0 Å². The Kier molecular flexibility index (Phi) is 7.84. The summed E-state index contributed by atoms with van der Waals surface area (Å²) in [5, 5.41) is 0. The van der Waals surface area contributed by atoms with Crippen LogP contribution in [0.1, 0.15) is 34.3 Å². The largest absolute Gasteiger partial charge is 0.322 e.